The molecule has 1 N–H and O–H groups in total. The van der Waals surface area contributed by atoms with E-state index >= 15 is 0 Å². The summed E-state index contributed by atoms with van der Waals surface area (Å²) in [5, 5.41) is 3.38. The first-order chi connectivity index (χ1) is 9.25. The molecule has 1 aromatic rings. The Balaban J connectivity index is 1.85. The Bertz CT molecular complexity index is 475. The van der Waals surface area contributed by atoms with Crippen LogP contribution in [0.25, 0.3) is 0 Å². The maximum absolute atomic E-state index is 12.7. The molecule has 0 aromatic heterocycles. The predicted octanol–water partition coefficient (Wildman–Crippen LogP) is 2.26. The van der Waals surface area contributed by atoms with Crippen LogP contribution in [-0.4, -0.2) is 31.7 Å². The molecule has 1 aromatic carbocycles. The van der Waals surface area contributed by atoms with Gasteiger partial charge in [-0.2, -0.15) is 0 Å². The van der Waals surface area contributed by atoms with Gasteiger partial charge < -0.3 is 15.0 Å². The molecule has 0 spiro atoms. The summed E-state index contributed by atoms with van der Waals surface area (Å²) in [4.78, 5) is 14.6. The maximum atomic E-state index is 12.7. The number of carbonyl (C=O) groups is 1. The lowest BCUT2D eigenvalue weighted by Gasteiger charge is -2.24. The summed E-state index contributed by atoms with van der Waals surface area (Å²) in [6, 6.07) is 8.04. The van der Waals surface area contributed by atoms with Crippen LogP contribution in [0.3, 0.4) is 0 Å². The number of hydrogen-bond donors (Lipinski definition) is 1. The third-order valence-corrected chi connectivity index (χ3v) is 3.88. The van der Waals surface area contributed by atoms with E-state index in [1.165, 1.54) is 0 Å². The van der Waals surface area contributed by atoms with Gasteiger partial charge in [-0.1, -0.05) is 12.1 Å². The molecule has 0 bridgehead atoms. The third-order valence-electron chi connectivity index (χ3n) is 3.88. The highest BCUT2D eigenvalue weighted by atomic mass is 16.5. The summed E-state index contributed by atoms with van der Waals surface area (Å²) in [6.45, 7) is 4.30. The van der Waals surface area contributed by atoms with Gasteiger partial charge in [-0.05, 0) is 31.9 Å². The minimum absolute atomic E-state index is 0.0150. The van der Waals surface area contributed by atoms with Crippen LogP contribution in [0.4, 0.5) is 11.4 Å². The number of rotatable bonds is 1. The van der Waals surface area contributed by atoms with Gasteiger partial charge in [-0.3, -0.25) is 4.79 Å². The number of amides is 1. The Morgan fingerprint density at radius 2 is 2.26 bits per heavy atom. The second-order valence-electron chi connectivity index (χ2n) is 5.36. The van der Waals surface area contributed by atoms with Gasteiger partial charge in [0.05, 0.1) is 30.0 Å². The number of carbonyl (C=O) groups excluding carboxylic acids is 1. The Morgan fingerprint density at radius 1 is 1.42 bits per heavy atom. The van der Waals surface area contributed by atoms with Gasteiger partial charge in [0.25, 0.3) is 0 Å². The predicted molar refractivity (Wildman–Crippen MR) is 75.4 cm³/mol. The number of benzene rings is 1. The first-order valence-corrected chi connectivity index (χ1v) is 7.01. The molecule has 1 saturated heterocycles. The molecule has 0 aliphatic carbocycles. The van der Waals surface area contributed by atoms with Crippen molar-refractivity contribution in [3.05, 3.63) is 24.3 Å². The highest BCUT2D eigenvalue weighted by Crippen LogP contribution is 2.31. The van der Waals surface area contributed by atoms with E-state index in [1.54, 1.807) is 0 Å². The SMILES string of the molecule is CC1CC(C(=O)N2CCCNc3ccccc32)CO1. The molecule has 0 radical (unpaired) electrons. The molecule has 1 fully saturated rings. The molecule has 0 saturated carbocycles. The molecule has 2 heterocycles. The zero-order valence-electron chi connectivity index (χ0n) is 11.3. The molecule has 2 atom stereocenters. The van der Waals surface area contributed by atoms with Gasteiger partial charge in [0.15, 0.2) is 0 Å². The molecule has 2 aliphatic heterocycles. The Morgan fingerprint density at radius 3 is 3.05 bits per heavy atom. The summed E-state index contributed by atoms with van der Waals surface area (Å²) in [6.07, 6.45) is 2.02. The summed E-state index contributed by atoms with van der Waals surface area (Å²) in [5.74, 6) is 0.224. The van der Waals surface area contributed by atoms with Crippen LogP contribution >= 0.6 is 0 Å². The highest BCUT2D eigenvalue weighted by molar-refractivity contribution is 5.98. The molecular formula is C15H20N2O2. The number of nitrogens with zero attached hydrogens (tertiary/aromatic N) is 1. The molecule has 4 heteroatoms. The van der Waals surface area contributed by atoms with Crippen molar-refractivity contribution < 1.29 is 9.53 Å². The highest BCUT2D eigenvalue weighted by Gasteiger charge is 2.33. The van der Waals surface area contributed by atoms with Crippen molar-refractivity contribution in [3.63, 3.8) is 0 Å². The van der Waals surface area contributed by atoms with Crippen LogP contribution in [-0.2, 0) is 9.53 Å². The molecule has 2 aliphatic rings. The third kappa shape index (κ3) is 2.45. The van der Waals surface area contributed by atoms with Crippen molar-refractivity contribution in [3.8, 4) is 0 Å². The Hall–Kier alpha value is -1.55. The minimum atomic E-state index is 0.0150. The minimum Gasteiger partial charge on any atom is -0.383 e. The van der Waals surface area contributed by atoms with Crippen molar-refractivity contribution in [2.75, 3.05) is 29.9 Å². The number of para-hydroxylation sites is 2. The lowest BCUT2D eigenvalue weighted by Crippen LogP contribution is -2.37. The summed E-state index contributed by atoms with van der Waals surface area (Å²) < 4.78 is 5.53. The molecule has 1 amide bonds. The number of fused-ring (bicyclic) bond motifs is 1. The van der Waals surface area contributed by atoms with Crippen LogP contribution in [0.15, 0.2) is 24.3 Å². The lowest BCUT2D eigenvalue weighted by molar-refractivity contribution is -0.122. The second kappa shape index (κ2) is 5.21. The average molecular weight is 260 g/mol. The van der Waals surface area contributed by atoms with Gasteiger partial charge in [0.1, 0.15) is 0 Å². The van der Waals surface area contributed by atoms with E-state index in [-0.39, 0.29) is 17.9 Å². The van der Waals surface area contributed by atoms with Crippen LogP contribution in [0.2, 0.25) is 0 Å². The quantitative estimate of drug-likeness (QED) is 0.842. The van der Waals surface area contributed by atoms with Gasteiger partial charge in [0.2, 0.25) is 5.91 Å². The van der Waals surface area contributed by atoms with E-state index in [2.05, 4.69) is 5.32 Å². The number of ether oxygens (including phenoxy) is 1. The molecule has 4 nitrogen and oxygen atoms in total. The molecule has 2 unspecified atom stereocenters. The zero-order valence-corrected chi connectivity index (χ0v) is 11.3. The van der Waals surface area contributed by atoms with Crippen molar-refractivity contribution >= 4 is 17.3 Å². The number of hydrogen-bond acceptors (Lipinski definition) is 3. The first kappa shape index (κ1) is 12.5. The summed E-state index contributed by atoms with van der Waals surface area (Å²) in [7, 11) is 0. The summed E-state index contributed by atoms with van der Waals surface area (Å²) >= 11 is 0. The second-order valence-corrected chi connectivity index (χ2v) is 5.36. The van der Waals surface area contributed by atoms with Crippen LogP contribution in [0, 0.1) is 5.92 Å². The van der Waals surface area contributed by atoms with Crippen LogP contribution in [0.5, 0.6) is 0 Å². The van der Waals surface area contributed by atoms with E-state index in [9.17, 15) is 4.79 Å². The fraction of sp³-hybridized carbons (Fsp3) is 0.533. The molecular weight excluding hydrogens is 240 g/mol. The smallest absolute Gasteiger partial charge is 0.232 e. The number of nitrogens with one attached hydrogen (secondary N) is 1. The van der Waals surface area contributed by atoms with Gasteiger partial charge in [-0.15, -0.1) is 0 Å². The normalized spacial score (nSPS) is 26.5. The largest absolute Gasteiger partial charge is 0.383 e. The fourth-order valence-corrected chi connectivity index (χ4v) is 2.88. The fourth-order valence-electron chi connectivity index (χ4n) is 2.88. The standard InChI is InChI=1S/C15H20N2O2/c1-11-9-12(10-19-11)15(18)17-8-4-7-16-13-5-2-3-6-14(13)17/h2-3,5-6,11-12,16H,4,7-10H2,1H3. The van der Waals surface area contributed by atoms with Crippen molar-refractivity contribution in [1.29, 1.82) is 0 Å². The van der Waals surface area contributed by atoms with Crippen LogP contribution in [0.1, 0.15) is 19.8 Å². The molecule has 19 heavy (non-hydrogen) atoms. The van der Waals surface area contributed by atoms with Gasteiger partial charge in [0, 0.05) is 13.1 Å². The zero-order chi connectivity index (χ0) is 13.2. The van der Waals surface area contributed by atoms with Crippen molar-refractivity contribution in [2.45, 2.75) is 25.9 Å². The van der Waals surface area contributed by atoms with Crippen molar-refractivity contribution in [2.24, 2.45) is 5.92 Å². The lowest BCUT2D eigenvalue weighted by atomic mass is 10.0. The Kier molecular flexibility index (Phi) is 3.42. The van der Waals surface area contributed by atoms with E-state index in [4.69, 9.17) is 4.74 Å². The monoisotopic (exact) mass is 260 g/mol. The van der Waals surface area contributed by atoms with Gasteiger partial charge >= 0.3 is 0 Å². The van der Waals surface area contributed by atoms with E-state index in [0.29, 0.717) is 6.61 Å². The Labute approximate surface area is 113 Å². The average Bonchev–Trinajstić information content (AvgIpc) is 2.74. The van der Waals surface area contributed by atoms with Gasteiger partial charge in [-0.25, -0.2) is 0 Å². The topological polar surface area (TPSA) is 41.6 Å². The molecule has 3 rings (SSSR count). The first-order valence-electron chi connectivity index (χ1n) is 7.01. The van der Waals surface area contributed by atoms with Crippen LogP contribution < -0.4 is 10.2 Å². The van der Waals surface area contributed by atoms with Crippen molar-refractivity contribution in [1.82, 2.24) is 0 Å². The maximum Gasteiger partial charge on any atom is 0.232 e. The molecule has 102 valence electrons. The van der Waals surface area contributed by atoms with E-state index in [1.807, 2.05) is 36.1 Å². The number of anilines is 2. The summed E-state index contributed by atoms with van der Waals surface area (Å²) in [5.41, 5.74) is 2.06. The van der Waals surface area contributed by atoms with E-state index < -0.39 is 0 Å². The van der Waals surface area contributed by atoms with E-state index in [0.717, 1.165) is 37.3 Å².